The highest BCUT2D eigenvalue weighted by Gasteiger charge is 2.45. The van der Waals surface area contributed by atoms with Crippen LogP contribution in [0.1, 0.15) is 33.1 Å². The highest BCUT2D eigenvalue weighted by Crippen LogP contribution is 2.44. The fourth-order valence-corrected chi connectivity index (χ4v) is 2.81. The SMILES string of the molecule is C=CC1CC(O)CC2(COC(C)(C)OC2)C1. The van der Waals surface area contributed by atoms with E-state index >= 15 is 0 Å². The average Bonchev–Trinajstić information content (AvgIpc) is 2.22. The van der Waals surface area contributed by atoms with Crippen LogP contribution in [0.2, 0.25) is 0 Å². The zero-order valence-electron chi connectivity index (χ0n) is 10.2. The lowest BCUT2D eigenvalue weighted by atomic mass is 9.69. The highest BCUT2D eigenvalue weighted by molar-refractivity contribution is 4.97. The maximum absolute atomic E-state index is 9.90. The zero-order chi connectivity index (χ0) is 11.8. The predicted octanol–water partition coefficient (Wildman–Crippen LogP) is 2.10. The Labute approximate surface area is 97.4 Å². The molecule has 2 unspecified atom stereocenters. The van der Waals surface area contributed by atoms with Gasteiger partial charge in [0.2, 0.25) is 0 Å². The maximum Gasteiger partial charge on any atom is 0.162 e. The molecule has 0 aromatic carbocycles. The Hall–Kier alpha value is -0.380. The van der Waals surface area contributed by atoms with Gasteiger partial charge in [-0.3, -0.25) is 0 Å². The summed E-state index contributed by atoms with van der Waals surface area (Å²) in [7, 11) is 0. The predicted molar refractivity (Wildman–Crippen MR) is 62.0 cm³/mol. The lowest BCUT2D eigenvalue weighted by Crippen LogP contribution is -2.50. The van der Waals surface area contributed by atoms with Crippen LogP contribution in [0.25, 0.3) is 0 Å². The normalized spacial score (nSPS) is 37.2. The number of rotatable bonds is 1. The van der Waals surface area contributed by atoms with E-state index in [1.807, 2.05) is 19.9 Å². The van der Waals surface area contributed by atoms with Gasteiger partial charge in [-0.05, 0) is 39.0 Å². The van der Waals surface area contributed by atoms with E-state index in [1.165, 1.54) is 0 Å². The van der Waals surface area contributed by atoms with Gasteiger partial charge >= 0.3 is 0 Å². The quantitative estimate of drug-likeness (QED) is 0.696. The largest absolute Gasteiger partial charge is 0.393 e. The molecule has 92 valence electrons. The van der Waals surface area contributed by atoms with Gasteiger partial charge in [0.1, 0.15) is 0 Å². The number of ether oxygens (including phenoxy) is 2. The summed E-state index contributed by atoms with van der Waals surface area (Å²) in [6.07, 6.45) is 4.33. The van der Waals surface area contributed by atoms with Crippen molar-refractivity contribution in [2.24, 2.45) is 11.3 Å². The Bertz CT molecular complexity index is 262. The molecule has 1 aliphatic heterocycles. The van der Waals surface area contributed by atoms with Gasteiger partial charge in [-0.25, -0.2) is 0 Å². The van der Waals surface area contributed by atoms with Crippen molar-refractivity contribution in [1.29, 1.82) is 0 Å². The lowest BCUT2D eigenvalue weighted by molar-refractivity contribution is -0.294. The van der Waals surface area contributed by atoms with Crippen molar-refractivity contribution in [1.82, 2.24) is 0 Å². The van der Waals surface area contributed by atoms with E-state index in [0.29, 0.717) is 19.1 Å². The molecule has 0 aromatic heterocycles. The molecule has 0 amide bonds. The van der Waals surface area contributed by atoms with Crippen molar-refractivity contribution < 1.29 is 14.6 Å². The Kier molecular flexibility index (Phi) is 3.12. The van der Waals surface area contributed by atoms with Gasteiger partial charge in [-0.15, -0.1) is 6.58 Å². The molecule has 0 radical (unpaired) electrons. The summed E-state index contributed by atoms with van der Waals surface area (Å²) in [6.45, 7) is 9.07. The number of aliphatic hydroxyl groups excluding tert-OH is 1. The fourth-order valence-electron chi connectivity index (χ4n) is 2.81. The molecule has 2 atom stereocenters. The van der Waals surface area contributed by atoms with Gasteiger partial charge in [0.05, 0.1) is 19.3 Å². The van der Waals surface area contributed by atoms with Gasteiger partial charge in [0.25, 0.3) is 0 Å². The Balaban J connectivity index is 2.05. The molecule has 2 fully saturated rings. The third kappa shape index (κ3) is 2.47. The van der Waals surface area contributed by atoms with E-state index < -0.39 is 5.79 Å². The third-order valence-electron chi connectivity index (χ3n) is 3.72. The standard InChI is InChI=1S/C13H22O3/c1-4-10-5-11(14)7-13(6-10)8-15-12(2,3)16-9-13/h4,10-11,14H,1,5-9H2,2-3H3. The Morgan fingerprint density at radius 2 is 1.88 bits per heavy atom. The molecule has 2 aliphatic rings. The van der Waals surface area contributed by atoms with Crippen LogP contribution < -0.4 is 0 Å². The molecule has 1 saturated carbocycles. The summed E-state index contributed by atoms with van der Waals surface area (Å²) in [6, 6.07) is 0. The van der Waals surface area contributed by atoms with E-state index in [-0.39, 0.29) is 11.5 Å². The van der Waals surface area contributed by atoms with Crippen LogP contribution in [0.15, 0.2) is 12.7 Å². The summed E-state index contributed by atoms with van der Waals surface area (Å²) >= 11 is 0. The van der Waals surface area contributed by atoms with Gasteiger partial charge in [0.15, 0.2) is 5.79 Å². The summed E-state index contributed by atoms with van der Waals surface area (Å²) in [5.74, 6) is -0.0886. The van der Waals surface area contributed by atoms with Crippen LogP contribution in [0.4, 0.5) is 0 Å². The fraction of sp³-hybridized carbons (Fsp3) is 0.846. The maximum atomic E-state index is 9.90. The molecule has 0 aromatic rings. The van der Waals surface area contributed by atoms with Crippen molar-refractivity contribution in [3.8, 4) is 0 Å². The van der Waals surface area contributed by atoms with Gasteiger partial charge in [-0.2, -0.15) is 0 Å². The molecule has 3 heteroatoms. The Morgan fingerprint density at radius 1 is 1.25 bits per heavy atom. The van der Waals surface area contributed by atoms with Crippen molar-refractivity contribution >= 4 is 0 Å². The van der Waals surface area contributed by atoms with Crippen molar-refractivity contribution in [3.05, 3.63) is 12.7 Å². The second-order valence-corrected chi connectivity index (χ2v) is 5.77. The third-order valence-corrected chi connectivity index (χ3v) is 3.72. The van der Waals surface area contributed by atoms with E-state index in [4.69, 9.17) is 9.47 Å². The first-order valence-electron chi connectivity index (χ1n) is 6.03. The van der Waals surface area contributed by atoms with Crippen molar-refractivity contribution in [3.63, 3.8) is 0 Å². The van der Waals surface area contributed by atoms with Gasteiger partial charge < -0.3 is 14.6 Å². The van der Waals surface area contributed by atoms with Crippen LogP contribution in [-0.2, 0) is 9.47 Å². The van der Waals surface area contributed by atoms with E-state index in [2.05, 4.69) is 6.58 Å². The van der Waals surface area contributed by atoms with E-state index in [1.54, 1.807) is 0 Å². The molecule has 1 aliphatic carbocycles. The van der Waals surface area contributed by atoms with Crippen molar-refractivity contribution in [2.45, 2.75) is 45.0 Å². The second kappa shape index (κ2) is 4.13. The van der Waals surface area contributed by atoms with Gasteiger partial charge in [-0.1, -0.05) is 6.08 Å². The molecule has 0 bridgehead atoms. The second-order valence-electron chi connectivity index (χ2n) is 5.77. The summed E-state index contributed by atoms with van der Waals surface area (Å²) in [5, 5.41) is 9.90. The first-order valence-corrected chi connectivity index (χ1v) is 6.03. The first-order chi connectivity index (χ1) is 7.45. The summed E-state index contributed by atoms with van der Waals surface area (Å²) in [4.78, 5) is 0. The van der Waals surface area contributed by atoms with E-state index in [9.17, 15) is 5.11 Å². The van der Waals surface area contributed by atoms with Crippen LogP contribution in [-0.4, -0.2) is 30.2 Å². The topological polar surface area (TPSA) is 38.7 Å². The lowest BCUT2D eigenvalue weighted by Gasteiger charge is -2.48. The number of hydrogen-bond donors (Lipinski definition) is 1. The average molecular weight is 226 g/mol. The van der Waals surface area contributed by atoms with E-state index in [0.717, 1.165) is 19.3 Å². The zero-order valence-corrected chi connectivity index (χ0v) is 10.2. The minimum atomic E-state index is -0.475. The number of allylic oxidation sites excluding steroid dienone is 1. The minimum absolute atomic E-state index is 0.00789. The monoisotopic (exact) mass is 226 g/mol. The van der Waals surface area contributed by atoms with Crippen LogP contribution in [0, 0.1) is 11.3 Å². The molecule has 1 spiro atoms. The first kappa shape index (κ1) is 12.1. The molecule has 3 nitrogen and oxygen atoms in total. The molecule has 1 heterocycles. The van der Waals surface area contributed by atoms with Gasteiger partial charge in [0, 0.05) is 5.41 Å². The summed E-state index contributed by atoms with van der Waals surface area (Å²) < 4.78 is 11.5. The smallest absolute Gasteiger partial charge is 0.162 e. The highest BCUT2D eigenvalue weighted by atomic mass is 16.7. The van der Waals surface area contributed by atoms with Crippen LogP contribution in [0.3, 0.4) is 0 Å². The molecular weight excluding hydrogens is 204 g/mol. The number of aliphatic hydroxyl groups is 1. The molecule has 1 N–H and O–H groups in total. The molecule has 1 saturated heterocycles. The molecular formula is C13H22O3. The summed E-state index contributed by atoms with van der Waals surface area (Å²) in [5.41, 5.74) is -0.00789. The minimum Gasteiger partial charge on any atom is -0.393 e. The van der Waals surface area contributed by atoms with Crippen LogP contribution >= 0.6 is 0 Å². The Morgan fingerprint density at radius 3 is 2.44 bits per heavy atom. The molecule has 16 heavy (non-hydrogen) atoms. The van der Waals surface area contributed by atoms with Crippen LogP contribution in [0.5, 0.6) is 0 Å². The molecule has 2 rings (SSSR count). The number of hydrogen-bond acceptors (Lipinski definition) is 3. The van der Waals surface area contributed by atoms with Crippen molar-refractivity contribution in [2.75, 3.05) is 13.2 Å².